The molecule has 0 spiro atoms. The van der Waals surface area contributed by atoms with Crippen LogP contribution in [-0.2, 0) is 10.9 Å². The van der Waals surface area contributed by atoms with Crippen LogP contribution < -0.4 is 10.2 Å². The zero-order valence-electron chi connectivity index (χ0n) is 16.5. The summed E-state index contributed by atoms with van der Waals surface area (Å²) in [6, 6.07) is 11.3. The van der Waals surface area contributed by atoms with Gasteiger partial charge >= 0.3 is 6.18 Å². The minimum absolute atomic E-state index is 0.165. The van der Waals surface area contributed by atoms with Gasteiger partial charge in [0.25, 0.3) is 5.91 Å². The predicted octanol–water partition coefficient (Wildman–Crippen LogP) is 4.23. The molecular weight excluding hydrogens is 413 g/mol. The molecule has 4 rings (SSSR count). The molecule has 0 radical (unpaired) electrons. The van der Waals surface area contributed by atoms with Gasteiger partial charge in [-0.3, -0.25) is 4.79 Å². The highest BCUT2D eigenvalue weighted by atomic mass is 19.4. The van der Waals surface area contributed by atoms with Crippen LogP contribution in [0, 0.1) is 0 Å². The quantitative estimate of drug-likeness (QED) is 0.628. The Morgan fingerprint density at radius 2 is 1.97 bits per heavy atom. The molecule has 0 bridgehead atoms. The fourth-order valence-electron chi connectivity index (χ4n) is 3.17. The number of nitrogens with one attached hydrogen (secondary N) is 1. The Hall–Kier alpha value is -3.40. The lowest BCUT2D eigenvalue weighted by Crippen LogP contribution is -2.52. The predicted molar refractivity (Wildman–Crippen MR) is 107 cm³/mol. The summed E-state index contributed by atoms with van der Waals surface area (Å²) in [6.07, 6.45) is -3.33. The zero-order valence-corrected chi connectivity index (χ0v) is 16.5. The van der Waals surface area contributed by atoms with E-state index >= 15 is 0 Å². The van der Waals surface area contributed by atoms with Crippen molar-refractivity contribution in [1.82, 2.24) is 9.97 Å². The van der Waals surface area contributed by atoms with E-state index in [2.05, 4.69) is 15.3 Å². The van der Waals surface area contributed by atoms with Crippen molar-refractivity contribution in [2.45, 2.75) is 19.2 Å². The van der Waals surface area contributed by atoms with Gasteiger partial charge in [0.2, 0.25) is 11.7 Å². The summed E-state index contributed by atoms with van der Waals surface area (Å²) in [5.41, 5.74) is -0.260. The van der Waals surface area contributed by atoms with Crippen molar-refractivity contribution in [2.75, 3.05) is 29.9 Å². The van der Waals surface area contributed by atoms with E-state index in [-0.39, 0.29) is 17.7 Å². The number of carbonyl (C=O) groups excluding carboxylic acids is 1. The first kappa shape index (κ1) is 20.9. The minimum atomic E-state index is -4.87. The largest absolute Gasteiger partial charge is 0.452 e. The number of rotatable bonds is 6. The number of alkyl halides is 3. The van der Waals surface area contributed by atoms with Gasteiger partial charge in [-0.05, 0) is 31.2 Å². The molecule has 3 heterocycles. The molecule has 1 aliphatic heterocycles. The maximum atomic E-state index is 13.4. The zero-order chi connectivity index (χ0) is 22.0. The number of hydrogen-bond acceptors (Lipinski definition) is 6. The van der Waals surface area contributed by atoms with E-state index in [9.17, 15) is 18.0 Å². The van der Waals surface area contributed by atoms with Crippen LogP contribution in [0.4, 0.5) is 24.7 Å². The third-order valence-electron chi connectivity index (χ3n) is 4.70. The molecule has 0 aliphatic carbocycles. The monoisotopic (exact) mass is 432 g/mol. The molecule has 7 nitrogen and oxygen atoms in total. The Kier molecular flexibility index (Phi) is 5.64. The second kappa shape index (κ2) is 8.38. The Bertz CT molecular complexity index is 1050. The van der Waals surface area contributed by atoms with Crippen LogP contribution in [0.15, 0.2) is 53.1 Å². The lowest BCUT2D eigenvalue weighted by molar-refractivity contribution is -0.153. The summed E-state index contributed by atoms with van der Waals surface area (Å²) < 4.78 is 50.6. The molecule has 3 aromatic rings. The number of oxazole rings is 1. The van der Waals surface area contributed by atoms with Crippen molar-refractivity contribution >= 4 is 17.4 Å². The summed E-state index contributed by atoms with van der Waals surface area (Å²) in [5.74, 6) is -2.07. The number of ether oxygens (including phenoxy) is 1. The number of pyridine rings is 1. The van der Waals surface area contributed by atoms with Gasteiger partial charge in [-0.2, -0.15) is 13.2 Å². The van der Waals surface area contributed by atoms with Gasteiger partial charge in [-0.1, -0.05) is 18.2 Å². The number of benzene rings is 1. The smallest absolute Gasteiger partial charge is 0.431 e. The van der Waals surface area contributed by atoms with Crippen molar-refractivity contribution in [2.24, 2.45) is 0 Å². The van der Waals surface area contributed by atoms with Gasteiger partial charge < -0.3 is 19.4 Å². The molecule has 0 atom stereocenters. The average Bonchev–Trinajstić information content (AvgIpc) is 3.18. The maximum absolute atomic E-state index is 13.4. The van der Waals surface area contributed by atoms with E-state index in [0.717, 1.165) is 0 Å². The van der Waals surface area contributed by atoms with Gasteiger partial charge in [-0.15, -0.1) is 0 Å². The molecule has 1 fully saturated rings. The van der Waals surface area contributed by atoms with Crippen LogP contribution in [0.1, 0.15) is 23.2 Å². The summed E-state index contributed by atoms with van der Waals surface area (Å²) >= 11 is 0. The number of hydrogen-bond donors (Lipinski definition) is 1. The van der Waals surface area contributed by atoms with Gasteiger partial charge in [-0.25, -0.2) is 9.97 Å². The molecule has 1 aliphatic rings. The Labute approximate surface area is 175 Å². The molecule has 31 heavy (non-hydrogen) atoms. The summed E-state index contributed by atoms with van der Waals surface area (Å²) in [6.45, 7) is 4.00. The topological polar surface area (TPSA) is 80.5 Å². The maximum Gasteiger partial charge on any atom is 0.452 e. The van der Waals surface area contributed by atoms with Crippen molar-refractivity contribution in [3.63, 3.8) is 0 Å². The fourth-order valence-corrected chi connectivity index (χ4v) is 3.17. The Morgan fingerprint density at radius 3 is 2.58 bits per heavy atom. The number of anilines is 2. The standard InChI is InChI=1S/C21H19F3N4O3/c1-2-30-15-11-28(12-15)16-9-8-14(10-25-16)26-19(29)17-18(21(22,23)24)31-20(27-17)13-6-4-3-5-7-13/h3-10,15H,2,11-12H2,1H3,(H,26,29). The molecule has 1 N–H and O–H groups in total. The number of aromatic nitrogens is 2. The van der Waals surface area contributed by atoms with Crippen LogP contribution in [0.3, 0.4) is 0 Å². The summed E-state index contributed by atoms with van der Waals surface area (Å²) in [4.78, 5) is 22.6. The molecule has 0 unspecified atom stereocenters. The van der Waals surface area contributed by atoms with E-state index < -0.39 is 23.5 Å². The van der Waals surface area contributed by atoms with Crippen molar-refractivity contribution in [3.8, 4) is 11.5 Å². The molecule has 10 heteroatoms. The van der Waals surface area contributed by atoms with Crippen LogP contribution in [0.2, 0.25) is 0 Å². The highest BCUT2D eigenvalue weighted by Gasteiger charge is 2.42. The number of amides is 1. The van der Waals surface area contributed by atoms with Gasteiger partial charge in [0.15, 0.2) is 5.69 Å². The first-order chi connectivity index (χ1) is 14.8. The van der Waals surface area contributed by atoms with E-state index in [1.165, 1.54) is 6.20 Å². The molecule has 1 aromatic carbocycles. The van der Waals surface area contributed by atoms with Crippen molar-refractivity contribution < 1.29 is 27.1 Å². The van der Waals surface area contributed by atoms with Gasteiger partial charge in [0.05, 0.1) is 18.0 Å². The van der Waals surface area contributed by atoms with E-state index in [0.29, 0.717) is 31.1 Å². The van der Waals surface area contributed by atoms with E-state index in [1.54, 1.807) is 42.5 Å². The molecule has 0 saturated carbocycles. The number of nitrogens with zero attached hydrogens (tertiary/aromatic N) is 3. The van der Waals surface area contributed by atoms with Crippen LogP contribution in [0.25, 0.3) is 11.5 Å². The van der Waals surface area contributed by atoms with Crippen LogP contribution in [0.5, 0.6) is 0 Å². The number of carbonyl (C=O) groups is 1. The SMILES string of the molecule is CCOC1CN(c2ccc(NC(=O)c3nc(-c4ccccc4)oc3C(F)(F)F)cn2)C1. The van der Waals surface area contributed by atoms with Crippen molar-refractivity contribution in [1.29, 1.82) is 0 Å². The molecular formula is C21H19F3N4O3. The lowest BCUT2D eigenvalue weighted by Gasteiger charge is -2.39. The summed E-state index contributed by atoms with van der Waals surface area (Å²) in [7, 11) is 0. The lowest BCUT2D eigenvalue weighted by atomic mass is 10.1. The summed E-state index contributed by atoms with van der Waals surface area (Å²) in [5, 5.41) is 2.40. The Morgan fingerprint density at radius 1 is 1.23 bits per heavy atom. The molecule has 1 amide bonds. The third-order valence-corrected chi connectivity index (χ3v) is 4.70. The normalized spacial score (nSPS) is 14.4. The van der Waals surface area contributed by atoms with Gasteiger partial charge in [0, 0.05) is 25.3 Å². The van der Waals surface area contributed by atoms with Crippen LogP contribution >= 0.6 is 0 Å². The second-order valence-electron chi connectivity index (χ2n) is 6.90. The first-order valence-electron chi connectivity index (χ1n) is 9.62. The van der Waals surface area contributed by atoms with E-state index in [1.807, 2.05) is 11.8 Å². The molecule has 162 valence electrons. The first-order valence-corrected chi connectivity index (χ1v) is 9.62. The van der Waals surface area contributed by atoms with Crippen LogP contribution in [-0.4, -0.2) is 41.7 Å². The molecule has 2 aromatic heterocycles. The number of halogens is 3. The minimum Gasteiger partial charge on any atom is -0.431 e. The fraction of sp³-hybridized carbons (Fsp3) is 0.286. The van der Waals surface area contributed by atoms with E-state index in [4.69, 9.17) is 9.15 Å². The Balaban J connectivity index is 1.50. The molecule has 1 saturated heterocycles. The highest BCUT2D eigenvalue weighted by Crippen LogP contribution is 2.35. The average molecular weight is 432 g/mol. The van der Waals surface area contributed by atoms with Crippen molar-refractivity contribution in [3.05, 3.63) is 60.1 Å². The second-order valence-corrected chi connectivity index (χ2v) is 6.90. The highest BCUT2D eigenvalue weighted by molar-refractivity contribution is 6.04. The third kappa shape index (κ3) is 4.53. The van der Waals surface area contributed by atoms with Gasteiger partial charge in [0.1, 0.15) is 5.82 Å².